The van der Waals surface area contributed by atoms with Crippen molar-refractivity contribution < 1.29 is 13.6 Å². The van der Waals surface area contributed by atoms with Crippen LogP contribution in [0.1, 0.15) is 0 Å². The maximum absolute atomic E-state index is 13.4. The molecule has 0 radical (unpaired) electrons. The van der Waals surface area contributed by atoms with E-state index in [0.29, 0.717) is 11.8 Å². The monoisotopic (exact) mass is 281 g/mol. The fraction of sp³-hybridized carbons (Fsp3) is 0.500. The van der Waals surface area contributed by atoms with Crippen LogP contribution in [0.4, 0.5) is 14.5 Å². The van der Waals surface area contributed by atoms with Crippen LogP contribution >= 0.6 is 0 Å². The summed E-state index contributed by atoms with van der Waals surface area (Å²) in [6.07, 6.45) is 0. The maximum atomic E-state index is 13.4. The van der Waals surface area contributed by atoms with Crippen molar-refractivity contribution >= 4 is 11.6 Å². The van der Waals surface area contributed by atoms with Gasteiger partial charge in [-0.15, -0.1) is 0 Å². The number of fused-ring (bicyclic) bond motifs is 1. The van der Waals surface area contributed by atoms with Crippen LogP contribution in [0.5, 0.6) is 0 Å². The van der Waals surface area contributed by atoms with Gasteiger partial charge in [0.25, 0.3) is 0 Å². The number of nitrogens with one attached hydrogen (secondary N) is 2. The third-order valence-electron chi connectivity index (χ3n) is 4.06. The number of halogens is 2. The van der Waals surface area contributed by atoms with Crippen molar-refractivity contribution in [2.24, 2.45) is 11.8 Å². The van der Waals surface area contributed by atoms with Crippen LogP contribution < -0.4 is 10.6 Å². The van der Waals surface area contributed by atoms with Crippen LogP contribution in [0.25, 0.3) is 0 Å². The summed E-state index contributed by atoms with van der Waals surface area (Å²) in [6.45, 7) is 3.89. The zero-order valence-electron chi connectivity index (χ0n) is 11.0. The predicted octanol–water partition coefficient (Wildman–Crippen LogP) is 1.05. The van der Waals surface area contributed by atoms with Gasteiger partial charge >= 0.3 is 0 Å². The number of nitrogens with zero attached hydrogens (tertiary/aromatic N) is 1. The SMILES string of the molecule is O=C(CN1C[C@H]2CNC[C@H]2C1)Nc1c(F)cccc1F. The summed E-state index contributed by atoms with van der Waals surface area (Å²) in [5, 5.41) is 5.65. The first-order valence-corrected chi connectivity index (χ1v) is 6.80. The lowest BCUT2D eigenvalue weighted by atomic mass is 10.0. The summed E-state index contributed by atoms with van der Waals surface area (Å²) >= 11 is 0. The number of carbonyl (C=O) groups excluding carboxylic acids is 1. The van der Waals surface area contributed by atoms with Crippen molar-refractivity contribution in [3.8, 4) is 0 Å². The zero-order valence-corrected chi connectivity index (χ0v) is 11.0. The molecule has 3 rings (SSSR count). The molecule has 1 amide bonds. The van der Waals surface area contributed by atoms with Gasteiger partial charge in [0.2, 0.25) is 5.91 Å². The average molecular weight is 281 g/mol. The fourth-order valence-corrected chi connectivity index (χ4v) is 3.08. The summed E-state index contributed by atoms with van der Waals surface area (Å²) in [5.41, 5.74) is -0.362. The Morgan fingerprint density at radius 3 is 2.45 bits per heavy atom. The highest BCUT2D eigenvalue weighted by atomic mass is 19.1. The Morgan fingerprint density at radius 2 is 1.85 bits per heavy atom. The number of benzene rings is 1. The van der Waals surface area contributed by atoms with Crippen LogP contribution in [0, 0.1) is 23.5 Å². The second-order valence-corrected chi connectivity index (χ2v) is 5.52. The van der Waals surface area contributed by atoms with E-state index in [9.17, 15) is 13.6 Å². The second-order valence-electron chi connectivity index (χ2n) is 5.52. The van der Waals surface area contributed by atoms with Crippen molar-refractivity contribution in [2.75, 3.05) is 38.0 Å². The topological polar surface area (TPSA) is 44.4 Å². The fourth-order valence-electron chi connectivity index (χ4n) is 3.08. The quantitative estimate of drug-likeness (QED) is 0.870. The van der Waals surface area contributed by atoms with Gasteiger partial charge in [-0.2, -0.15) is 0 Å². The highest BCUT2D eigenvalue weighted by Crippen LogP contribution is 2.26. The van der Waals surface area contributed by atoms with Crippen LogP contribution in [0.2, 0.25) is 0 Å². The lowest BCUT2D eigenvalue weighted by molar-refractivity contribution is -0.117. The minimum atomic E-state index is -0.749. The molecule has 1 aromatic rings. The minimum Gasteiger partial charge on any atom is -0.320 e. The van der Waals surface area contributed by atoms with Crippen molar-refractivity contribution in [2.45, 2.75) is 0 Å². The number of amides is 1. The number of carbonyl (C=O) groups is 1. The first kappa shape index (κ1) is 13.5. The number of likely N-dealkylation sites (tertiary alicyclic amines) is 1. The Bertz CT molecular complexity index is 491. The summed E-state index contributed by atoms with van der Waals surface area (Å²) in [6, 6.07) is 3.53. The highest BCUT2D eigenvalue weighted by molar-refractivity contribution is 5.92. The van der Waals surface area contributed by atoms with Gasteiger partial charge in [0.15, 0.2) is 0 Å². The van der Waals surface area contributed by atoms with E-state index < -0.39 is 11.6 Å². The summed E-state index contributed by atoms with van der Waals surface area (Å²) in [4.78, 5) is 13.9. The molecule has 0 saturated carbocycles. The van der Waals surface area contributed by atoms with Gasteiger partial charge in [-0.1, -0.05) is 6.07 Å². The molecule has 108 valence electrons. The Balaban J connectivity index is 1.58. The molecule has 0 unspecified atom stereocenters. The standard InChI is InChI=1S/C14H17F2N3O/c15-11-2-1-3-12(16)14(11)18-13(20)8-19-6-9-4-17-5-10(9)7-19/h1-3,9-10,17H,4-8H2,(H,18,20)/t9-,10+. The number of hydrogen-bond acceptors (Lipinski definition) is 3. The molecule has 0 bridgehead atoms. The van der Waals surface area contributed by atoms with E-state index in [1.54, 1.807) is 0 Å². The molecule has 0 aromatic heterocycles. The third kappa shape index (κ3) is 2.66. The van der Waals surface area contributed by atoms with E-state index in [2.05, 4.69) is 10.6 Å². The third-order valence-corrected chi connectivity index (χ3v) is 4.06. The van der Waals surface area contributed by atoms with Gasteiger partial charge in [-0.3, -0.25) is 9.69 Å². The highest BCUT2D eigenvalue weighted by Gasteiger charge is 2.36. The van der Waals surface area contributed by atoms with Gasteiger partial charge in [0.1, 0.15) is 17.3 Å². The van der Waals surface area contributed by atoms with E-state index >= 15 is 0 Å². The van der Waals surface area contributed by atoms with Crippen LogP contribution in [0.15, 0.2) is 18.2 Å². The van der Waals surface area contributed by atoms with Crippen molar-refractivity contribution in [3.05, 3.63) is 29.8 Å². The molecule has 2 N–H and O–H groups in total. The first-order chi connectivity index (χ1) is 9.63. The molecule has 2 saturated heterocycles. The minimum absolute atomic E-state index is 0.181. The van der Waals surface area contributed by atoms with Crippen LogP contribution in [0.3, 0.4) is 0 Å². The molecule has 1 aromatic carbocycles. The van der Waals surface area contributed by atoms with Crippen molar-refractivity contribution in [1.82, 2.24) is 10.2 Å². The normalized spacial score (nSPS) is 25.7. The van der Waals surface area contributed by atoms with E-state index in [4.69, 9.17) is 0 Å². The lowest BCUT2D eigenvalue weighted by Gasteiger charge is -2.16. The van der Waals surface area contributed by atoms with Crippen LogP contribution in [-0.4, -0.2) is 43.5 Å². The Labute approximate surface area is 116 Å². The number of rotatable bonds is 3. The first-order valence-electron chi connectivity index (χ1n) is 6.80. The Hall–Kier alpha value is -1.53. The molecule has 2 atom stereocenters. The van der Waals surface area contributed by atoms with Gasteiger partial charge in [-0.05, 0) is 37.1 Å². The zero-order chi connectivity index (χ0) is 14.1. The van der Waals surface area contributed by atoms with E-state index in [-0.39, 0.29) is 18.1 Å². The molecular weight excluding hydrogens is 264 g/mol. The number of anilines is 1. The van der Waals surface area contributed by atoms with Crippen LogP contribution in [-0.2, 0) is 4.79 Å². The summed E-state index contributed by atoms with van der Waals surface area (Å²) in [5.74, 6) is -0.690. The van der Waals surface area contributed by atoms with Gasteiger partial charge in [-0.25, -0.2) is 8.78 Å². The average Bonchev–Trinajstić information content (AvgIpc) is 2.94. The molecule has 4 nitrogen and oxygen atoms in total. The molecule has 2 aliphatic rings. The van der Waals surface area contributed by atoms with E-state index in [1.807, 2.05) is 4.90 Å². The lowest BCUT2D eigenvalue weighted by Crippen LogP contribution is -2.34. The molecule has 20 heavy (non-hydrogen) atoms. The maximum Gasteiger partial charge on any atom is 0.238 e. The van der Waals surface area contributed by atoms with E-state index in [0.717, 1.165) is 38.3 Å². The molecule has 2 aliphatic heterocycles. The van der Waals surface area contributed by atoms with Gasteiger partial charge in [0.05, 0.1) is 6.54 Å². The van der Waals surface area contributed by atoms with Gasteiger partial charge in [0, 0.05) is 13.1 Å². The molecule has 2 heterocycles. The smallest absolute Gasteiger partial charge is 0.238 e. The van der Waals surface area contributed by atoms with Crippen molar-refractivity contribution in [3.63, 3.8) is 0 Å². The second kappa shape index (κ2) is 5.46. The Morgan fingerprint density at radius 1 is 1.25 bits per heavy atom. The largest absolute Gasteiger partial charge is 0.320 e. The molecule has 6 heteroatoms. The van der Waals surface area contributed by atoms with Crippen molar-refractivity contribution in [1.29, 1.82) is 0 Å². The predicted molar refractivity (Wildman–Crippen MR) is 71.3 cm³/mol. The Kier molecular flexibility index (Phi) is 3.67. The molecule has 0 aliphatic carbocycles. The molecule has 0 spiro atoms. The molecular formula is C14H17F2N3O. The number of para-hydroxylation sites is 1. The van der Waals surface area contributed by atoms with E-state index in [1.165, 1.54) is 6.07 Å². The van der Waals surface area contributed by atoms with Gasteiger partial charge < -0.3 is 10.6 Å². The summed E-state index contributed by atoms with van der Waals surface area (Å²) in [7, 11) is 0. The number of hydrogen-bond donors (Lipinski definition) is 2. The molecule has 2 fully saturated rings. The summed E-state index contributed by atoms with van der Waals surface area (Å²) < 4.78 is 26.9.